The molecule has 0 spiro atoms. The van der Waals surface area contributed by atoms with Gasteiger partial charge in [0, 0.05) is 65.4 Å². The van der Waals surface area contributed by atoms with E-state index in [9.17, 15) is 60.0 Å². The normalized spacial score (nSPS) is 18.6. The van der Waals surface area contributed by atoms with Gasteiger partial charge in [0.05, 0.1) is 57.6 Å². The number of aliphatic carboxylic acids is 4. The van der Waals surface area contributed by atoms with E-state index < -0.39 is 61.9 Å². The molecule has 1 aliphatic rings. The van der Waals surface area contributed by atoms with Crippen molar-refractivity contribution in [1.82, 2.24) is 24.5 Å². The number of β-amino-alcohol motifs (C(OH)–C–C–N with tert-alkyl or cyclic N) is 1. The first kappa shape index (κ1) is 35.5. The van der Waals surface area contributed by atoms with Gasteiger partial charge in [0.25, 0.3) is 0 Å². The lowest BCUT2D eigenvalue weighted by atomic mass is 9.99. The minimum Gasteiger partial charge on any atom is -0.480 e. The van der Waals surface area contributed by atoms with E-state index in [0.29, 0.717) is 0 Å². The third kappa shape index (κ3) is 13.2. The highest BCUT2D eigenvalue weighted by Gasteiger charge is 2.38. The fourth-order valence-electron chi connectivity index (χ4n) is 4.46. The van der Waals surface area contributed by atoms with Gasteiger partial charge < -0.3 is 40.9 Å². The largest absolute Gasteiger partial charge is 0.480 e. The first-order valence-corrected chi connectivity index (χ1v) is 12.9. The van der Waals surface area contributed by atoms with Crippen molar-refractivity contribution in [1.29, 1.82) is 0 Å². The second-order valence-corrected chi connectivity index (χ2v) is 9.94. The Morgan fingerprint density at radius 3 is 1.20 bits per heavy atom. The minimum atomic E-state index is -1.69. The van der Waals surface area contributed by atoms with Crippen LogP contribution in [0.1, 0.15) is 0 Å². The molecule has 1 aliphatic heterocycles. The molecule has 0 aromatic heterocycles. The lowest BCUT2D eigenvalue weighted by Crippen LogP contribution is -2.61. The van der Waals surface area contributed by atoms with Crippen LogP contribution in [-0.2, 0) is 19.2 Å². The Hall–Kier alpha value is -2.48. The lowest BCUT2D eigenvalue weighted by molar-refractivity contribution is -0.144. The number of aliphatic hydroxyl groups is 4. The van der Waals surface area contributed by atoms with Crippen LogP contribution in [0.2, 0.25) is 0 Å². The van der Waals surface area contributed by atoms with E-state index in [0.717, 1.165) is 4.90 Å². The van der Waals surface area contributed by atoms with E-state index in [2.05, 4.69) is 0 Å². The van der Waals surface area contributed by atoms with E-state index in [-0.39, 0.29) is 85.1 Å². The lowest BCUT2D eigenvalue weighted by Gasteiger charge is -2.41. The molecular formula is C23H43N5O12. The number of nitrogens with zero attached hydrogens (tertiary/aromatic N) is 5. The number of rotatable bonds is 16. The molecule has 1 rings (SSSR count). The Morgan fingerprint density at radius 2 is 0.925 bits per heavy atom. The van der Waals surface area contributed by atoms with Crippen molar-refractivity contribution in [2.75, 3.05) is 111 Å². The van der Waals surface area contributed by atoms with Crippen LogP contribution in [0, 0.1) is 0 Å². The number of carbonyl (C=O) groups is 4. The van der Waals surface area contributed by atoms with Crippen LogP contribution in [0.25, 0.3) is 0 Å². The Labute approximate surface area is 232 Å². The molecular weight excluding hydrogens is 538 g/mol. The molecule has 0 radical (unpaired) electrons. The smallest absolute Gasteiger partial charge is 0.317 e. The molecule has 17 heteroatoms. The first-order chi connectivity index (χ1) is 18.8. The van der Waals surface area contributed by atoms with Gasteiger partial charge >= 0.3 is 23.9 Å². The van der Waals surface area contributed by atoms with Crippen LogP contribution in [0.4, 0.5) is 0 Å². The second-order valence-electron chi connectivity index (χ2n) is 9.94. The predicted octanol–water partition coefficient (Wildman–Crippen LogP) is -5.07. The highest BCUT2D eigenvalue weighted by Crippen LogP contribution is 2.15. The summed E-state index contributed by atoms with van der Waals surface area (Å²) in [7, 11) is 0. The predicted molar refractivity (Wildman–Crippen MR) is 138 cm³/mol. The molecule has 8 N–H and O–H groups in total. The summed E-state index contributed by atoms with van der Waals surface area (Å²) in [6.07, 6.45) is -1.22. The Kier molecular flexibility index (Phi) is 16.0. The average molecular weight is 582 g/mol. The molecule has 1 unspecified atom stereocenters. The van der Waals surface area contributed by atoms with Crippen LogP contribution < -0.4 is 0 Å². The summed E-state index contributed by atoms with van der Waals surface area (Å²) in [5.41, 5.74) is -1.69. The zero-order valence-corrected chi connectivity index (χ0v) is 22.5. The molecule has 0 aromatic carbocycles. The summed E-state index contributed by atoms with van der Waals surface area (Å²) < 4.78 is 0. The zero-order valence-electron chi connectivity index (χ0n) is 22.5. The SMILES string of the molecule is O=C(O)CN1CCN(CC(=O)O)CCN(CC(O)CN(CC(=O)O)C(CO)(CO)CO)CCN(CC(=O)O)CC1. The van der Waals surface area contributed by atoms with Crippen LogP contribution >= 0.6 is 0 Å². The fraction of sp³-hybridized carbons (Fsp3) is 0.826. The quantitative estimate of drug-likeness (QED) is 0.0849. The van der Waals surface area contributed by atoms with E-state index in [1.54, 1.807) is 19.6 Å². The summed E-state index contributed by atoms with van der Waals surface area (Å²) in [4.78, 5) is 53.2. The number of aliphatic hydroxyl groups excluding tert-OH is 4. The van der Waals surface area contributed by atoms with Gasteiger partial charge in [-0.3, -0.25) is 43.7 Å². The summed E-state index contributed by atoms with van der Waals surface area (Å²) in [6.45, 7) is -2.37. The molecule has 40 heavy (non-hydrogen) atoms. The second kappa shape index (κ2) is 18.1. The van der Waals surface area contributed by atoms with E-state index in [1.165, 1.54) is 0 Å². The van der Waals surface area contributed by atoms with E-state index in [1.807, 2.05) is 0 Å². The highest BCUT2D eigenvalue weighted by atomic mass is 16.4. The maximum atomic E-state index is 11.4. The van der Waals surface area contributed by atoms with Crippen molar-refractivity contribution in [3.63, 3.8) is 0 Å². The average Bonchev–Trinajstić information content (AvgIpc) is 2.85. The van der Waals surface area contributed by atoms with Gasteiger partial charge in [-0.2, -0.15) is 0 Å². The first-order valence-electron chi connectivity index (χ1n) is 12.9. The molecule has 0 saturated carbocycles. The Morgan fingerprint density at radius 1 is 0.600 bits per heavy atom. The molecule has 0 amide bonds. The third-order valence-corrected chi connectivity index (χ3v) is 6.79. The van der Waals surface area contributed by atoms with Gasteiger partial charge in [-0.15, -0.1) is 0 Å². The summed E-state index contributed by atoms with van der Waals surface area (Å²) in [5, 5.41) is 77.3. The van der Waals surface area contributed by atoms with Gasteiger partial charge in [-0.05, 0) is 0 Å². The Balaban J connectivity index is 3.11. The van der Waals surface area contributed by atoms with E-state index in [4.69, 9.17) is 0 Å². The molecule has 1 atom stereocenters. The topological polar surface area (TPSA) is 246 Å². The number of carboxylic acid groups (broad SMARTS) is 4. The van der Waals surface area contributed by atoms with Crippen LogP contribution in [0.5, 0.6) is 0 Å². The van der Waals surface area contributed by atoms with Crippen molar-refractivity contribution in [3.8, 4) is 0 Å². The Bertz CT molecular complexity index is 775. The van der Waals surface area contributed by atoms with Crippen molar-refractivity contribution in [2.45, 2.75) is 11.6 Å². The standard InChI is InChI=1S/C23H43N5O12/c29-15-23(16-30,17-31)28(14-22(39)40)10-18(32)9-24-1-3-25(11-19(33)34)5-7-27(13-21(37)38)8-6-26(4-2-24)12-20(35)36/h18,29-32H,1-17H2,(H,33,34)(H,35,36)(H,37,38)(H,39,40). The number of hydrogen-bond donors (Lipinski definition) is 8. The van der Waals surface area contributed by atoms with Crippen molar-refractivity contribution in [3.05, 3.63) is 0 Å². The molecule has 0 bridgehead atoms. The summed E-state index contributed by atoms with van der Waals surface area (Å²) in [6, 6.07) is 0. The maximum Gasteiger partial charge on any atom is 0.317 e. The molecule has 232 valence electrons. The van der Waals surface area contributed by atoms with E-state index >= 15 is 0 Å². The van der Waals surface area contributed by atoms with Gasteiger partial charge in [0.1, 0.15) is 0 Å². The van der Waals surface area contributed by atoms with Crippen LogP contribution in [0.15, 0.2) is 0 Å². The van der Waals surface area contributed by atoms with Crippen LogP contribution in [-0.4, -0.2) is 212 Å². The van der Waals surface area contributed by atoms with Gasteiger partial charge in [-0.1, -0.05) is 0 Å². The van der Waals surface area contributed by atoms with Gasteiger partial charge in [-0.25, -0.2) is 0 Å². The van der Waals surface area contributed by atoms with Crippen molar-refractivity contribution in [2.24, 2.45) is 0 Å². The molecule has 1 saturated heterocycles. The van der Waals surface area contributed by atoms with Crippen molar-refractivity contribution >= 4 is 23.9 Å². The monoisotopic (exact) mass is 581 g/mol. The maximum absolute atomic E-state index is 11.4. The third-order valence-electron chi connectivity index (χ3n) is 6.79. The summed E-state index contributed by atoms with van der Waals surface area (Å²) in [5.74, 6) is -4.52. The highest BCUT2D eigenvalue weighted by molar-refractivity contribution is 5.70. The van der Waals surface area contributed by atoms with Crippen LogP contribution in [0.3, 0.4) is 0 Å². The summed E-state index contributed by atoms with van der Waals surface area (Å²) >= 11 is 0. The number of hydrogen-bond acceptors (Lipinski definition) is 13. The molecule has 0 aliphatic carbocycles. The molecule has 1 heterocycles. The minimum absolute atomic E-state index is 0.0402. The zero-order chi connectivity index (χ0) is 30.3. The molecule has 1 fully saturated rings. The molecule has 17 nitrogen and oxygen atoms in total. The van der Waals surface area contributed by atoms with Gasteiger partial charge in [0.15, 0.2) is 0 Å². The van der Waals surface area contributed by atoms with Crippen molar-refractivity contribution < 1.29 is 60.0 Å². The molecule has 0 aromatic rings. The number of carboxylic acids is 4. The van der Waals surface area contributed by atoms with Gasteiger partial charge in [0.2, 0.25) is 0 Å². The fourth-order valence-corrected chi connectivity index (χ4v) is 4.46.